The summed E-state index contributed by atoms with van der Waals surface area (Å²) in [5.74, 6) is -1.80. The lowest BCUT2D eigenvalue weighted by Gasteiger charge is -2.28. The van der Waals surface area contributed by atoms with Gasteiger partial charge in [0.2, 0.25) is 5.78 Å². The molecular weight excluding hydrogens is 478 g/mol. The number of carbonyl (C=O) groups excluding carboxylic acids is 2. The highest BCUT2D eigenvalue weighted by Gasteiger charge is 2.45. The minimum absolute atomic E-state index is 0.00112. The first-order valence-corrected chi connectivity index (χ1v) is 11.1. The van der Waals surface area contributed by atoms with Gasteiger partial charge in [-0.15, -0.1) is 0 Å². The first-order chi connectivity index (χ1) is 15.4. The average molecular weight is 498 g/mol. The molecule has 1 fully saturated rings. The van der Waals surface area contributed by atoms with E-state index >= 15 is 0 Å². The van der Waals surface area contributed by atoms with Crippen LogP contribution in [0.25, 0.3) is 11.0 Å². The van der Waals surface area contributed by atoms with Crippen molar-refractivity contribution in [1.29, 1.82) is 0 Å². The summed E-state index contributed by atoms with van der Waals surface area (Å²) < 4.78 is 12.3. The number of carbonyl (C=O) groups is 2. The molecule has 5 rings (SSSR count). The van der Waals surface area contributed by atoms with E-state index in [2.05, 4.69) is 15.9 Å². The van der Waals surface area contributed by atoms with Crippen LogP contribution in [-0.4, -0.2) is 46.1 Å². The van der Waals surface area contributed by atoms with Crippen molar-refractivity contribution >= 4 is 38.6 Å². The van der Waals surface area contributed by atoms with Crippen LogP contribution >= 0.6 is 15.9 Å². The molecule has 0 spiro atoms. The van der Waals surface area contributed by atoms with Crippen molar-refractivity contribution in [3.05, 3.63) is 75.7 Å². The van der Waals surface area contributed by atoms with Crippen LogP contribution in [-0.2, 0) is 9.53 Å². The maximum atomic E-state index is 13.5. The molecule has 7 nitrogen and oxygen atoms in total. The molecule has 0 radical (unpaired) electrons. The van der Waals surface area contributed by atoms with E-state index in [9.17, 15) is 19.8 Å². The van der Waals surface area contributed by atoms with E-state index < -0.39 is 23.5 Å². The van der Waals surface area contributed by atoms with Gasteiger partial charge in [0, 0.05) is 23.0 Å². The molecule has 2 aromatic carbocycles. The number of amides is 1. The molecule has 2 aliphatic heterocycles. The Balaban J connectivity index is 1.58. The highest BCUT2D eigenvalue weighted by molar-refractivity contribution is 9.10. The number of halogens is 1. The van der Waals surface area contributed by atoms with Gasteiger partial charge in [-0.3, -0.25) is 9.59 Å². The number of aliphatic hydroxyl groups excluding tert-OH is 1. The maximum Gasteiger partial charge on any atom is 0.290 e. The summed E-state index contributed by atoms with van der Waals surface area (Å²) in [5, 5.41) is 21.5. The second-order valence-electron chi connectivity index (χ2n) is 7.97. The predicted octanol–water partition coefficient (Wildman–Crippen LogP) is 4.66. The molecule has 2 N–H and O–H groups in total. The van der Waals surface area contributed by atoms with Crippen LogP contribution in [0.1, 0.15) is 35.0 Å². The zero-order valence-electron chi connectivity index (χ0n) is 17.0. The second kappa shape index (κ2) is 8.11. The number of rotatable bonds is 5. The third-order valence-electron chi connectivity index (χ3n) is 5.86. The molecule has 3 aromatic rings. The number of aromatic hydroxyl groups is 1. The van der Waals surface area contributed by atoms with Gasteiger partial charge in [0.05, 0.1) is 17.7 Å². The SMILES string of the molecule is O=C(C1=C(O)C(=O)N(CC2CCCO2)C1c1cccc(O)c1)c1cc2cc(Br)ccc2o1. The normalized spacial score (nSPS) is 21.2. The molecule has 164 valence electrons. The molecule has 0 aliphatic carbocycles. The van der Waals surface area contributed by atoms with E-state index in [-0.39, 0.29) is 29.7 Å². The van der Waals surface area contributed by atoms with Crippen LogP contribution in [0, 0.1) is 0 Å². The Morgan fingerprint density at radius 1 is 1.16 bits per heavy atom. The van der Waals surface area contributed by atoms with Crippen molar-refractivity contribution in [1.82, 2.24) is 4.90 Å². The fraction of sp³-hybridized carbons (Fsp3) is 0.250. The largest absolute Gasteiger partial charge is 0.508 e. The molecule has 1 amide bonds. The van der Waals surface area contributed by atoms with Gasteiger partial charge in [0.1, 0.15) is 11.3 Å². The lowest BCUT2D eigenvalue weighted by atomic mass is 9.94. The molecule has 2 aliphatic rings. The maximum absolute atomic E-state index is 13.5. The van der Waals surface area contributed by atoms with E-state index in [1.54, 1.807) is 30.3 Å². The zero-order valence-corrected chi connectivity index (χ0v) is 18.5. The highest BCUT2D eigenvalue weighted by atomic mass is 79.9. The monoisotopic (exact) mass is 497 g/mol. The van der Waals surface area contributed by atoms with E-state index in [4.69, 9.17) is 9.15 Å². The first kappa shape index (κ1) is 20.8. The van der Waals surface area contributed by atoms with Gasteiger partial charge in [-0.1, -0.05) is 28.1 Å². The number of ether oxygens (including phenoxy) is 1. The number of furan rings is 1. The highest BCUT2D eigenvalue weighted by Crippen LogP contribution is 2.41. The number of phenolic OH excluding ortho intramolecular Hbond substituents is 1. The molecule has 1 saturated heterocycles. The van der Waals surface area contributed by atoms with E-state index in [0.29, 0.717) is 17.8 Å². The van der Waals surface area contributed by atoms with Crippen molar-refractivity contribution in [3.8, 4) is 5.75 Å². The Morgan fingerprint density at radius 3 is 2.75 bits per heavy atom. The Morgan fingerprint density at radius 2 is 2.00 bits per heavy atom. The average Bonchev–Trinajstić information content (AvgIpc) is 3.48. The van der Waals surface area contributed by atoms with Crippen molar-refractivity contribution in [2.45, 2.75) is 25.0 Å². The van der Waals surface area contributed by atoms with Gasteiger partial charge < -0.3 is 24.3 Å². The lowest BCUT2D eigenvalue weighted by Crippen LogP contribution is -2.37. The molecule has 0 bridgehead atoms. The summed E-state index contributed by atoms with van der Waals surface area (Å²) in [6.07, 6.45) is 1.51. The van der Waals surface area contributed by atoms with Gasteiger partial charge in [-0.2, -0.15) is 0 Å². The Bertz CT molecular complexity index is 1260. The Labute approximate surface area is 192 Å². The topological polar surface area (TPSA) is 100 Å². The number of fused-ring (bicyclic) bond motifs is 1. The van der Waals surface area contributed by atoms with Crippen LogP contribution in [0.5, 0.6) is 5.75 Å². The van der Waals surface area contributed by atoms with E-state index in [1.165, 1.54) is 17.0 Å². The summed E-state index contributed by atoms with van der Waals surface area (Å²) in [5.41, 5.74) is 0.963. The van der Waals surface area contributed by atoms with E-state index in [0.717, 1.165) is 22.7 Å². The van der Waals surface area contributed by atoms with Crippen LogP contribution in [0.3, 0.4) is 0 Å². The van der Waals surface area contributed by atoms with Gasteiger partial charge in [0.25, 0.3) is 5.91 Å². The van der Waals surface area contributed by atoms with Gasteiger partial charge >= 0.3 is 0 Å². The second-order valence-corrected chi connectivity index (χ2v) is 8.89. The van der Waals surface area contributed by atoms with Crippen LogP contribution in [0.4, 0.5) is 0 Å². The fourth-order valence-corrected chi connectivity index (χ4v) is 4.76. The summed E-state index contributed by atoms with van der Waals surface area (Å²) in [6.45, 7) is 0.844. The zero-order chi connectivity index (χ0) is 22.4. The lowest BCUT2D eigenvalue weighted by molar-refractivity contribution is -0.131. The minimum Gasteiger partial charge on any atom is -0.508 e. The Hall–Kier alpha value is -3.10. The summed E-state index contributed by atoms with van der Waals surface area (Å²) in [6, 6.07) is 12.4. The molecule has 2 atom stereocenters. The molecule has 0 saturated carbocycles. The van der Waals surface area contributed by atoms with Gasteiger partial charge in [-0.25, -0.2) is 0 Å². The summed E-state index contributed by atoms with van der Waals surface area (Å²) in [4.78, 5) is 28.0. The van der Waals surface area contributed by atoms with Crippen LogP contribution < -0.4 is 0 Å². The van der Waals surface area contributed by atoms with Crippen molar-refractivity contribution in [2.75, 3.05) is 13.2 Å². The summed E-state index contributed by atoms with van der Waals surface area (Å²) >= 11 is 3.40. The van der Waals surface area contributed by atoms with Gasteiger partial charge in [-0.05, 0) is 54.8 Å². The molecule has 1 aromatic heterocycles. The van der Waals surface area contributed by atoms with Gasteiger partial charge in [0.15, 0.2) is 11.5 Å². The number of hydrogen-bond donors (Lipinski definition) is 2. The van der Waals surface area contributed by atoms with E-state index in [1.807, 2.05) is 6.07 Å². The predicted molar refractivity (Wildman–Crippen MR) is 119 cm³/mol. The number of benzene rings is 2. The molecule has 2 unspecified atom stereocenters. The fourth-order valence-electron chi connectivity index (χ4n) is 4.38. The van der Waals surface area contributed by atoms with Crippen LogP contribution in [0.15, 0.2) is 68.8 Å². The number of hydrogen-bond acceptors (Lipinski definition) is 6. The number of Topliss-reactive ketones (excluding diaryl/α,β-unsaturated/α-hetero) is 1. The quantitative estimate of drug-likeness (QED) is 0.497. The smallest absolute Gasteiger partial charge is 0.290 e. The van der Waals surface area contributed by atoms with Crippen LogP contribution in [0.2, 0.25) is 0 Å². The van der Waals surface area contributed by atoms with Crippen molar-refractivity contribution < 1.29 is 29.0 Å². The number of ketones is 1. The molecule has 32 heavy (non-hydrogen) atoms. The van der Waals surface area contributed by atoms with Crippen molar-refractivity contribution in [3.63, 3.8) is 0 Å². The first-order valence-electron chi connectivity index (χ1n) is 10.3. The number of phenols is 1. The Kier molecular flexibility index (Phi) is 5.27. The molecular formula is C24H20BrNO6. The standard InChI is InChI=1S/C24H20BrNO6/c25-15-6-7-18-14(9-15)11-19(32-18)22(28)20-21(13-3-1-4-16(27)10-13)26(24(30)23(20)29)12-17-5-2-8-31-17/h1,3-4,6-7,9-11,17,21,27,29H,2,5,8,12H2. The van der Waals surface area contributed by atoms with Crippen molar-refractivity contribution in [2.24, 2.45) is 0 Å². The summed E-state index contributed by atoms with van der Waals surface area (Å²) in [7, 11) is 0. The molecule has 8 heteroatoms. The third kappa shape index (κ3) is 3.59. The third-order valence-corrected chi connectivity index (χ3v) is 6.35. The number of nitrogens with zero attached hydrogens (tertiary/aromatic N) is 1. The minimum atomic E-state index is -0.869. The molecule has 3 heterocycles. The number of aliphatic hydroxyl groups is 1.